The molecular formula is C13H9ClFN3O3. The van der Waals surface area contributed by atoms with Gasteiger partial charge in [-0.1, -0.05) is 11.6 Å². The van der Waals surface area contributed by atoms with Crippen LogP contribution in [0.15, 0.2) is 16.9 Å². The summed E-state index contributed by atoms with van der Waals surface area (Å²) in [6.45, 7) is 0.238. The third-order valence-corrected chi connectivity index (χ3v) is 3.89. The molecule has 0 aliphatic carbocycles. The second-order valence-electron chi connectivity index (χ2n) is 4.65. The van der Waals surface area contributed by atoms with Crippen LogP contribution in [0.1, 0.15) is 23.8 Å². The van der Waals surface area contributed by atoms with Crippen LogP contribution < -0.4 is 5.69 Å². The van der Waals surface area contributed by atoms with Crippen LogP contribution in [0, 0.1) is 17.1 Å². The Morgan fingerprint density at radius 1 is 1.48 bits per heavy atom. The van der Waals surface area contributed by atoms with Crippen molar-refractivity contribution in [1.29, 1.82) is 5.26 Å². The zero-order valence-corrected chi connectivity index (χ0v) is 11.3. The van der Waals surface area contributed by atoms with Crippen molar-refractivity contribution in [1.82, 2.24) is 9.13 Å². The first-order valence-electron chi connectivity index (χ1n) is 6.08. The highest BCUT2D eigenvalue weighted by atomic mass is 35.5. The number of nitriles is 1. The van der Waals surface area contributed by atoms with E-state index < -0.39 is 28.5 Å². The smallest absolute Gasteiger partial charge is 0.336 e. The predicted molar refractivity (Wildman–Crippen MR) is 71.0 cm³/mol. The van der Waals surface area contributed by atoms with Gasteiger partial charge >= 0.3 is 5.69 Å². The number of imidazole rings is 1. The molecule has 1 aliphatic heterocycles. The number of hydrogen-bond donors (Lipinski definition) is 2. The molecule has 3 rings (SSSR count). The molecule has 2 aromatic rings. The molecule has 1 atom stereocenters. The normalized spacial score (nSPS) is 16.8. The zero-order valence-electron chi connectivity index (χ0n) is 10.5. The monoisotopic (exact) mass is 309 g/mol. The van der Waals surface area contributed by atoms with E-state index >= 15 is 0 Å². The Morgan fingerprint density at radius 2 is 2.19 bits per heavy atom. The summed E-state index contributed by atoms with van der Waals surface area (Å²) in [6, 6.07) is 4.16. The van der Waals surface area contributed by atoms with Crippen molar-refractivity contribution in [3.63, 3.8) is 0 Å². The average molecular weight is 310 g/mol. The van der Waals surface area contributed by atoms with Gasteiger partial charge in [-0.3, -0.25) is 4.57 Å². The molecular weight excluding hydrogens is 301 g/mol. The largest absolute Gasteiger partial charge is 0.493 e. The number of fused-ring (bicyclic) bond motifs is 1. The van der Waals surface area contributed by atoms with Crippen molar-refractivity contribution in [2.45, 2.75) is 19.1 Å². The lowest BCUT2D eigenvalue weighted by molar-refractivity contribution is 0.175. The third-order valence-electron chi connectivity index (χ3n) is 3.52. The molecule has 0 bridgehead atoms. The first-order chi connectivity index (χ1) is 9.97. The van der Waals surface area contributed by atoms with Crippen molar-refractivity contribution in [3.05, 3.63) is 44.7 Å². The highest BCUT2D eigenvalue weighted by molar-refractivity contribution is 6.32. The number of rotatable bonds is 1. The molecule has 1 aromatic carbocycles. The summed E-state index contributed by atoms with van der Waals surface area (Å²) < 4.78 is 16.2. The fourth-order valence-corrected chi connectivity index (χ4v) is 2.70. The van der Waals surface area contributed by atoms with E-state index in [0.717, 1.165) is 4.57 Å². The number of aliphatic hydroxyl groups excluding tert-OH is 1. The van der Waals surface area contributed by atoms with E-state index in [9.17, 15) is 19.4 Å². The molecule has 2 heterocycles. The summed E-state index contributed by atoms with van der Waals surface area (Å²) in [6.07, 6.45) is -0.661. The van der Waals surface area contributed by atoms with Crippen LogP contribution in [0.4, 0.5) is 4.39 Å². The van der Waals surface area contributed by atoms with Crippen molar-refractivity contribution >= 4 is 11.6 Å². The highest BCUT2D eigenvalue weighted by Gasteiger charge is 2.32. The summed E-state index contributed by atoms with van der Waals surface area (Å²) in [5.41, 5.74) is -0.952. The van der Waals surface area contributed by atoms with Gasteiger partial charge in [0.05, 0.1) is 16.3 Å². The van der Waals surface area contributed by atoms with Crippen LogP contribution >= 0.6 is 11.6 Å². The minimum absolute atomic E-state index is 0.0554. The predicted octanol–water partition coefficient (Wildman–Crippen LogP) is 1.45. The highest BCUT2D eigenvalue weighted by Crippen LogP contribution is 2.34. The van der Waals surface area contributed by atoms with Crippen molar-refractivity contribution in [3.8, 4) is 17.6 Å². The molecule has 8 heteroatoms. The van der Waals surface area contributed by atoms with Crippen molar-refractivity contribution in [2.24, 2.45) is 0 Å². The Morgan fingerprint density at radius 3 is 2.81 bits per heavy atom. The Kier molecular flexibility index (Phi) is 3.01. The molecule has 1 aliphatic rings. The Labute approximate surface area is 122 Å². The summed E-state index contributed by atoms with van der Waals surface area (Å²) in [4.78, 5) is 12.2. The van der Waals surface area contributed by atoms with Gasteiger partial charge in [-0.2, -0.15) is 5.26 Å². The van der Waals surface area contributed by atoms with Crippen molar-refractivity contribution in [2.75, 3.05) is 0 Å². The number of hydrogen-bond acceptors (Lipinski definition) is 4. The molecule has 2 N–H and O–H groups in total. The van der Waals surface area contributed by atoms with Gasteiger partial charge < -0.3 is 10.2 Å². The minimum atomic E-state index is -0.980. The Bertz CT molecular complexity index is 850. The van der Waals surface area contributed by atoms with Crippen LogP contribution in [-0.2, 0) is 6.54 Å². The van der Waals surface area contributed by atoms with Gasteiger partial charge in [0.25, 0.3) is 0 Å². The fourth-order valence-electron chi connectivity index (χ4n) is 2.50. The second kappa shape index (κ2) is 4.62. The molecule has 0 spiro atoms. The van der Waals surface area contributed by atoms with E-state index in [-0.39, 0.29) is 23.5 Å². The van der Waals surface area contributed by atoms with E-state index in [0.29, 0.717) is 6.42 Å². The van der Waals surface area contributed by atoms with Gasteiger partial charge in [0.15, 0.2) is 5.82 Å². The molecule has 0 fully saturated rings. The second-order valence-corrected chi connectivity index (χ2v) is 5.03. The van der Waals surface area contributed by atoms with Gasteiger partial charge in [0.1, 0.15) is 17.9 Å². The summed E-state index contributed by atoms with van der Waals surface area (Å²) in [5.74, 6) is -1.50. The van der Waals surface area contributed by atoms with Crippen LogP contribution in [0.5, 0.6) is 5.88 Å². The molecule has 0 saturated heterocycles. The average Bonchev–Trinajstić information content (AvgIpc) is 2.95. The van der Waals surface area contributed by atoms with Crippen molar-refractivity contribution < 1.29 is 14.6 Å². The molecule has 108 valence electrons. The third kappa shape index (κ3) is 1.77. The molecule has 21 heavy (non-hydrogen) atoms. The molecule has 0 radical (unpaired) electrons. The van der Waals surface area contributed by atoms with E-state index in [1.54, 1.807) is 6.07 Å². The fraction of sp³-hybridized carbons (Fsp3) is 0.231. The molecule has 0 amide bonds. The van der Waals surface area contributed by atoms with Gasteiger partial charge in [0.2, 0.25) is 5.88 Å². The van der Waals surface area contributed by atoms with Gasteiger partial charge in [-0.25, -0.2) is 13.8 Å². The van der Waals surface area contributed by atoms with E-state index in [4.69, 9.17) is 16.9 Å². The maximum absolute atomic E-state index is 14.2. The van der Waals surface area contributed by atoms with Gasteiger partial charge in [-0.15, -0.1) is 0 Å². The van der Waals surface area contributed by atoms with Crippen LogP contribution in [-0.4, -0.2) is 19.3 Å². The van der Waals surface area contributed by atoms with Crippen LogP contribution in [0.2, 0.25) is 5.02 Å². The SMILES string of the molecule is N#Cc1ccc(-n2c(O)c3n(c2=O)CC[C@H]3O)c(F)c1Cl. The first kappa shape index (κ1) is 13.7. The van der Waals surface area contributed by atoms with E-state index in [1.807, 2.05) is 0 Å². The Hall–Kier alpha value is -2.30. The summed E-state index contributed by atoms with van der Waals surface area (Å²) in [5, 5.41) is 28.2. The summed E-state index contributed by atoms with van der Waals surface area (Å²) >= 11 is 5.73. The number of aromatic hydroxyl groups is 1. The molecule has 0 saturated carbocycles. The van der Waals surface area contributed by atoms with E-state index in [2.05, 4.69) is 0 Å². The number of aromatic nitrogens is 2. The quantitative estimate of drug-likeness (QED) is 0.834. The zero-order chi connectivity index (χ0) is 15.3. The lowest BCUT2D eigenvalue weighted by Gasteiger charge is -2.08. The molecule has 6 nitrogen and oxygen atoms in total. The van der Waals surface area contributed by atoms with Gasteiger partial charge in [0, 0.05) is 6.54 Å². The first-order valence-corrected chi connectivity index (χ1v) is 6.46. The maximum Gasteiger partial charge on any atom is 0.336 e. The lowest BCUT2D eigenvalue weighted by Crippen LogP contribution is -2.23. The minimum Gasteiger partial charge on any atom is -0.493 e. The van der Waals surface area contributed by atoms with Crippen LogP contribution in [0.3, 0.4) is 0 Å². The Balaban J connectivity index is 2.30. The number of halogens is 2. The lowest BCUT2D eigenvalue weighted by atomic mass is 10.2. The number of aliphatic hydroxyl groups is 1. The number of nitrogens with zero attached hydrogens (tertiary/aromatic N) is 3. The summed E-state index contributed by atoms with van der Waals surface area (Å²) in [7, 11) is 0. The van der Waals surface area contributed by atoms with Crippen LogP contribution in [0.25, 0.3) is 5.69 Å². The van der Waals surface area contributed by atoms with E-state index in [1.165, 1.54) is 16.7 Å². The number of benzene rings is 1. The standard InChI is InChI=1S/C13H9ClFN3O3/c14-9-6(5-16)1-2-7(10(9)15)18-12(20)11-8(19)3-4-17(11)13(18)21/h1-2,8,19-20H,3-4H2/t8-/m1/s1. The molecule has 0 unspecified atom stereocenters. The van der Waals surface area contributed by atoms with Gasteiger partial charge in [-0.05, 0) is 18.6 Å². The molecule has 1 aromatic heterocycles. The maximum atomic E-state index is 14.2. The topological polar surface area (TPSA) is 91.2 Å².